The fourth-order valence-corrected chi connectivity index (χ4v) is 6.27. The molecule has 9 heteroatoms. The summed E-state index contributed by atoms with van der Waals surface area (Å²) in [6.07, 6.45) is 3.70. The van der Waals surface area contributed by atoms with E-state index in [0.29, 0.717) is 51.8 Å². The second-order valence-electron chi connectivity index (χ2n) is 6.86. The molecule has 0 radical (unpaired) electrons. The topological polar surface area (TPSA) is 92.7 Å². The molecule has 0 saturated carbocycles. The normalized spacial score (nSPS) is 31.6. The van der Waals surface area contributed by atoms with Crippen LogP contribution in [0.5, 0.6) is 0 Å². The Morgan fingerprint density at radius 2 is 1.88 bits per heavy atom. The van der Waals surface area contributed by atoms with Gasteiger partial charge in [0.15, 0.2) is 9.84 Å². The van der Waals surface area contributed by atoms with Crippen LogP contribution in [0.4, 0.5) is 5.95 Å². The van der Waals surface area contributed by atoms with Crippen molar-refractivity contribution in [2.75, 3.05) is 50.0 Å². The lowest BCUT2D eigenvalue weighted by molar-refractivity contribution is -0.141. The zero-order chi connectivity index (χ0) is 17.4. The van der Waals surface area contributed by atoms with Crippen LogP contribution >= 0.6 is 0 Å². The fourth-order valence-electron chi connectivity index (χ4n) is 4.16. The van der Waals surface area contributed by atoms with E-state index in [1.807, 2.05) is 9.80 Å². The standard InChI is InChI=1S/C16H22N4O4S/c21-15(19-5-7-24-8-6-19)12-2-9-25(22,23)14-11-20(10-13(12)14)16-17-3-1-4-18-16/h1,3-4,12-14H,2,5-11H2/t12-,13-,14-/m1/s1. The van der Waals surface area contributed by atoms with Crippen LogP contribution < -0.4 is 4.90 Å². The Labute approximate surface area is 147 Å². The number of carbonyl (C=O) groups excluding carboxylic acids is 1. The quantitative estimate of drug-likeness (QED) is 0.701. The van der Waals surface area contributed by atoms with E-state index in [-0.39, 0.29) is 23.5 Å². The first kappa shape index (κ1) is 16.7. The highest BCUT2D eigenvalue weighted by atomic mass is 32.2. The zero-order valence-corrected chi connectivity index (χ0v) is 14.8. The highest BCUT2D eigenvalue weighted by Gasteiger charge is 2.51. The number of rotatable bonds is 2. The van der Waals surface area contributed by atoms with Crippen LogP contribution in [0.3, 0.4) is 0 Å². The molecule has 1 aromatic heterocycles. The summed E-state index contributed by atoms with van der Waals surface area (Å²) in [5, 5.41) is -0.514. The van der Waals surface area contributed by atoms with E-state index in [1.165, 1.54) is 0 Å². The van der Waals surface area contributed by atoms with Crippen LogP contribution in [0.15, 0.2) is 18.5 Å². The summed E-state index contributed by atoms with van der Waals surface area (Å²) in [6.45, 7) is 3.15. The lowest BCUT2D eigenvalue weighted by Crippen LogP contribution is -2.50. The predicted octanol–water partition coefficient (Wildman–Crippen LogP) is -0.425. The van der Waals surface area contributed by atoms with E-state index in [2.05, 4.69) is 9.97 Å². The summed E-state index contributed by atoms with van der Waals surface area (Å²) in [5.41, 5.74) is 0. The fraction of sp³-hybridized carbons (Fsp3) is 0.688. The molecule has 0 aromatic carbocycles. The number of ether oxygens (including phenoxy) is 1. The third-order valence-electron chi connectivity index (χ3n) is 5.48. The van der Waals surface area contributed by atoms with Gasteiger partial charge in [0.25, 0.3) is 0 Å². The van der Waals surface area contributed by atoms with Gasteiger partial charge in [0, 0.05) is 50.4 Å². The molecular formula is C16H22N4O4S. The van der Waals surface area contributed by atoms with Crippen LogP contribution in [0.25, 0.3) is 0 Å². The molecule has 3 aliphatic heterocycles. The molecule has 0 aliphatic carbocycles. The van der Waals surface area contributed by atoms with Gasteiger partial charge < -0.3 is 14.5 Å². The molecule has 0 bridgehead atoms. The average Bonchev–Trinajstić information content (AvgIpc) is 3.10. The molecule has 0 unspecified atom stereocenters. The monoisotopic (exact) mass is 366 g/mol. The van der Waals surface area contributed by atoms with Crippen LogP contribution in [-0.4, -0.2) is 79.6 Å². The van der Waals surface area contributed by atoms with Gasteiger partial charge in [-0.25, -0.2) is 18.4 Å². The Morgan fingerprint density at radius 1 is 1.16 bits per heavy atom. The van der Waals surface area contributed by atoms with Gasteiger partial charge in [-0.2, -0.15) is 0 Å². The van der Waals surface area contributed by atoms with Crippen molar-refractivity contribution in [2.45, 2.75) is 11.7 Å². The van der Waals surface area contributed by atoms with Gasteiger partial charge in [-0.05, 0) is 12.5 Å². The lowest BCUT2D eigenvalue weighted by atomic mass is 9.87. The van der Waals surface area contributed by atoms with Crippen LogP contribution in [-0.2, 0) is 19.4 Å². The number of morpholine rings is 1. The molecule has 4 rings (SSSR count). The summed E-state index contributed by atoms with van der Waals surface area (Å²) < 4.78 is 30.5. The maximum absolute atomic E-state index is 13.0. The van der Waals surface area contributed by atoms with Gasteiger partial charge in [0.2, 0.25) is 11.9 Å². The highest BCUT2D eigenvalue weighted by molar-refractivity contribution is 7.92. The Bertz CT molecular complexity index is 736. The molecular weight excluding hydrogens is 344 g/mol. The highest BCUT2D eigenvalue weighted by Crippen LogP contribution is 2.38. The molecule has 8 nitrogen and oxygen atoms in total. The third kappa shape index (κ3) is 3.10. The van der Waals surface area contributed by atoms with Gasteiger partial charge in [0.05, 0.1) is 24.2 Å². The maximum Gasteiger partial charge on any atom is 0.226 e. The molecule has 3 fully saturated rings. The summed E-state index contributed by atoms with van der Waals surface area (Å²) in [5.74, 6) is 0.241. The zero-order valence-electron chi connectivity index (χ0n) is 14.0. The Morgan fingerprint density at radius 3 is 2.60 bits per heavy atom. The van der Waals surface area contributed by atoms with E-state index in [9.17, 15) is 13.2 Å². The number of carbonyl (C=O) groups is 1. The molecule has 0 N–H and O–H groups in total. The minimum atomic E-state index is -3.19. The first-order valence-corrected chi connectivity index (χ1v) is 10.4. The SMILES string of the molecule is O=C([C@@H]1CCS(=O)(=O)[C@@H]2CN(c3ncccn3)C[C@@H]21)N1CCOCC1. The molecule has 3 saturated heterocycles. The van der Waals surface area contributed by atoms with Crippen molar-refractivity contribution in [3.63, 3.8) is 0 Å². The molecule has 136 valence electrons. The Balaban J connectivity index is 1.57. The lowest BCUT2D eigenvalue weighted by Gasteiger charge is -2.36. The predicted molar refractivity (Wildman–Crippen MR) is 90.8 cm³/mol. The number of sulfone groups is 1. The minimum Gasteiger partial charge on any atom is -0.378 e. The van der Waals surface area contributed by atoms with Crippen LogP contribution in [0.2, 0.25) is 0 Å². The summed E-state index contributed by atoms with van der Waals surface area (Å²) in [7, 11) is -3.19. The first-order chi connectivity index (χ1) is 12.1. The number of anilines is 1. The molecule has 25 heavy (non-hydrogen) atoms. The van der Waals surface area contributed by atoms with E-state index < -0.39 is 15.1 Å². The van der Waals surface area contributed by atoms with Gasteiger partial charge in [-0.1, -0.05) is 0 Å². The van der Waals surface area contributed by atoms with Gasteiger partial charge in [0.1, 0.15) is 0 Å². The van der Waals surface area contributed by atoms with E-state index in [4.69, 9.17) is 4.74 Å². The molecule has 3 atom stereocenters. The van der Waals surface area contributed by atoms with Gasteiger partial charge in [-0.15, -0.1) is 0 Å². The number of hydrogen-bond acceptors (Lipinski definition) is 7. The smallest absolute Gasteiger partial charge is 0.226 e. The number of hydrogen-bond donors (Lipinski definition) is 0. The number of amides is 1. The van der Waals surface area contributed by atoms with Crippen LogP contribution in [0, 0.1) is 11.8 Å². The van der Waals surface area contributed by atoms with Crippen molar-refractivity contribution < 1.29 is 17.9 Å². The van der Waals surface area contributed by atoms with Gasteiger partial charge in [-0.3, -0.25) is 4.79 Å². The molecule has 3 aliphatic rings. The third-order valence-corrected chi connectivity index (χ3v) is 7.70. The second kappa shape index (κ2) is 6.53. The molecule has 1 amide bonds. The summed E-state index contributed by atoms with van der Waals surface area (Å²) in [4.78, 5) is 25.2. The molecule has 0 spiro atoms. The van der Waals surface area contributed by atoms with Crippen LogP contribution in [0.1, 0.15) is 6.42 Å². The maximum atomic E-state index is 13.0. The minimum absolute atomic E-state index is 0.0732. The van der Waals surface area contributed by atoms with E-state index in [1.54, 1.807) is 18.5 Å². The van der Waals surface area contributed by atoms with Crippen molar-refractivity contribution in [1.82, 2.24) is 14.9 Å². The Hall–Kier alpha value is -1.74. The van der Waals surface area contributed by atoms with Crippen molar-refractivity contribution in [3.05, 3.63) is 18.5 Å². The first-order valence-electron chi connectivity index (χ1n) is 8.66. The number of nitrogens with zero attached hydrogens (tertiary/aromatic N) is 4. The molecule has 4 heterocycles. The average molecular weight is 366 g/mol. The van der Waals surface area contributed by atoms with Gasteiger partial charge >= 0.3 is 0 Å². The summed E-state index contributed by atoms with van der Waals surface area (Å²) in [6, 6.07) is 1.73. The number of aromatic nitrogens is 2. The number of fused-ring (bicyclic) bond motifs is 1. The van der Waals surface area contributed by atoms with Crippen molar-refractivity contribution in [3.8, 4) is 0 Å². The van der Waals surface area contributed by atoms with Crippen molar-refractivity contribution >= 4 is 21.7 Å². The summed E-state index contributed by atoms with van der Waals surface area (Å²) >= 11 is 0. The Kier molecular flexibility index (Phi) is 4.36. The van der Waals surface area contributed by atoms with Crippen molar-refractivity contribution in [1.29, 1.82) is 0 Å². The second-order valence-corrected chi connectivity index (χ2v) is 9.20. The van der Waals surface area contributed by atoms with E-state index >= 15 is 0 Å². The van der Waals surface area contributed by atoms with E-state index in [0.717, 1.165) is 0 Å². The largest absolute Gasteiger partial charge is 0.378 e. The molecule has 1 aromatic rings. The van der Waals surface area contributed by atoms with Crippen molar-refractivity contribution in [2.24, 2.45) is 11.8 Å².